The number of nitrogens with one attached hydrogen (secondary N) is 2. The zero-order chi connectivity index (χ0) is 25.9. The third-order valence-electron chi connectivity index (χ3n) is 5.05. The third kappa shape index (κ3) is 5.34. The minimum atomic E-state index is -0.769. The number of rotatable bonds is 9. The van der Waals surface area contributed by atoms with Crippen molar-refractivity contribution in [2.75, 3.05) is 22.3 Å². The molecule has 0 aliphatic heterocycles. The molecule has 0 bridgehead atoms. The maximum atomic E-state index is 11.5. The summed E-state index contributed by atoms with van der Waals surface area (Å²) in [5, 5.41) is 17.3. The van der Waals surface area contributed by atoms with Crippen LogP contribution in [0.3, 0.4) is 0 Å². The summed E-state index contributed by atoms with van der Waals surface area (Å²) in [6.45, 7) is 0.505. The fourth-order valence-electron chi connectivity index (χ4n) is 3.27. The zero-order valence-electron chi connectivity index (χ0n) is 18.9. The third-order valence-corrected chi connectivity index (χ3v) is 6.15. The summed E-state index contributed by atoms with van der Waals surface area (Å²) < 4.78 is 9.77. The van der Waals surface area contributed by atoms with Gasteiger partial charge in [0, 0.05) is 23.6 Å². The smallest absolute Gasteiger partial charge is 0.259 e. The van der Waals surface area contributed by atoms with Crippen LogP contribution in [-0.2, 0) is 6.42 Å². The van der Waals surface area contributed by atoms with Crippen LogP contribution in [0, 0.1) is 0 Å². The Labute approximate surface area is 218 Å². The highest BCUT2D eigenvalue weighted by molar-refractivity contribution is 8.00. The zero-order valence-corrected chi connectivity index (χ0v) is 20.5. The van der Waals surface area contributed by atoms with Gasteiger partial charge in [-0.15, -0.1) is 5.10 Å². The second kappa shape index (κ2) is 10.2. The standard InChI is InChI=1S/C22H19ClN10O3S/c23-15-9-13(8-14(17(15)34)18(24)35)37-32-12-4-3-11(27-10-12)5-6-26-21-29-20(25)33-22(30-21)28-19(31-33)16-2-1-7-36-16/h1-4,7-10,32,34H,5-6H2,(H2,24,35)(H3,25,26,28,29,30,31). The Balaban J connectivity index is 1.17. The van der Waals surface area contributed by atoms with Crippen LogP contribution in [0.4, 0.5) is 17.6 Å². The van der Waals surface area contributed by atoms with Crippen molar-refractivity contribution < 1.29 is 14.3 Å². The Bertz CT molecular complexity index is 1570. The van der Waals surface area contributed by atoms with Crippen molar-refractivity contribution >= 4 is 52.8 Å². The molecule has 0 fully saturated rings. The summed E-state index contributed by atoms with van der Waals surface area (Å²) in [5.41, 5.74) is 12.8. The molecular weight excluding hydrogens is 520 g/mol. The predicted octanol–water partition coefficient (Wildman–Crippen LogP) is 2.99. The van der Waals surface area contributed by atoms with Crippen LogP contribution in [0.2, 0.25) is 5.02 Å². The molecule has 5 rings (SSSR count). The minimum Gasteiger partial charge on any atom is -0.506 e. The van der Waals surface area contributed by atoms with Crippen molar-refractivity contribution in [3.63, 3.8) is 0 Å². The minimum absolute atomic E-state index is 0.0356. The van der Waals surface area contributed by atoms with E-state index < -0.39 is 5.91 Å². The molecule has 0 aliphatic carbocycles. The lowest BCUT2D eigenvalue weighted by atomic mass is 10.2. The lowest BCUT2D eigenvalue weighted by molar-refractivity contribution is 0.0997. The number of amides is 1. The van der Waals surface area contributed by atoms with Crippen molar-refractivity contribution in [2.45, 2.75) is 11.3 Å². The molecule has 13 nitrogen and oxygen atoms in total. The summed E-state index contributed by atoms with van der Waals surface area (Å²) in [5.74, 6) is 0.513. The molecule has 0 saturated carbocycles. The van der Waals surface area contributed by atoms with Gasteiger partial charge in [-0.1, -0.05) is 11.6 Å². The molecule has 1 amide bonds. The molecule has 0 atom stereocenters. The first-order valence-corrected chi connectivity index (χ1v) is 11.9. The molecule has 37 heavy (non-hydrogen) atoms. The van der Waals surface area contributed by atoms with E-state index in [1.54, 1.807) is 18.3 Å². The van der Waals surface area contributed by atoms with Crippen LogP contribution in [0.15, 0.2) is 58.2 Å². The van der Waals surface area contributed by atoms with E-state index in [2.05, 4.69) is 35.1 Å². The number of carbonyl (C=O) groups excluding carboxylic acids is 1. The van der Waals surface area contributed by atoms with Crippen molar-refractivity contribution in [2.24, 2.45) is 5.73 Å². The Hall–Kier alpha value is -4.56. The monoisotopic (exact) mass is 538 g/mol. The topological polar surface area (TPSA) is 195 Å². The average Bonchev–Trinajstić information content (AvgIpc) is 3.56. The van der Waals surface area contributed by atoms with Gasteiger partial charge in [-0.05, 0) is 48.3 Å². The second-order valence-electron chi connectivity index (χ2n) is 7.61. The van der Waals surface area contributed by atoms with E-state index in [1.807, 2.05) is 12.1 Å². The number of nitrogen functional groups attached to an aromatic ring is 1. The SMILES string of the molecule is NC(=O)c1cc(SNc2ccc(CCNc3nc(N)n4nc(-c5ccco5)nc4n3)nc2)cc(Cl)c1O. The Morgan fingerprint density at radius 1 is 1.22 bits per heavy atom. The first-order valence-electron chi connectivity index (χ1n) is 10.8. The number of hydrogen-bond acceptors (Lipinski definition) is 12. The fraction of sp³-hybridized carbons (Fsp3) is 0.0909. The van der Waals surface area contributed by atoms with Gasteiger partial charge in [-0.25, -0.2) is 0 Å². The van der Waals surface area contributed by atoms with Crippen LogP contribution in [-0.4, -0.2) is 47.1 Å². The lowest BCUT2D eigenvalue weighted by Gasteiger charge is -2.09. The van der Waals surface area contributed by atoms with E-state index in [0.717, 1.165) is 11.4 Å². The van der Waals surface area contributed by atoms with Gasteiger partial charge < -0.3 is 31.0 Å². The summed E-state index contributed by atoms with van der Waals surface area (Å²) in [6.07, 6.45) is 3.80. The molecule has 0 spiro atoms. The molecule has 1 aromatic carbocycles. The van der Waals surface area contributed by atoms with Crippen LogP contribution < -0.4 is 21.5 Å². The van der Waals surface area contributed by atoms with Gasteiger partial charge in [0.15, 0.2) is 5.76 Å². The maximum Gasteiger partial charge on any atom is 0.259 e. The molecule has 5 aromatic rings. The number of carbonyl (C=O) groups is 1. The van der Waals surface area contributed by atoms with E-state index in [-0.39, 0.29) is 22.3 Å². The highest BCUT2D eigenvalue weighted by Gasteiger charge is 2.15. The number of furan rings is 1. The number of aromatic nitrogens is 6. The summed E-state index contributed by atoms with van der Waals surface area (Å²) >= 11 is 7.17. The molecule has 188 valence electrons. The summed E-state index contributed by atoms with van der Waals surface area (Å²) in [4.78, 5) is 29.4. The van der Waals surface area contributed by atoms with Crippen LogP contribution in [0.5, 0.6) is 5.75 Å². The molecule has 4 aromatic heterocycles. The normalized spacial score (nSPS) is 11.1. The number of primary amides is 1. The lowest BCUT2D eigenvalue weighted by Crippen LogP contribution is -2.12. The van der Waals surface area contributed by atoms with E-state index in [9.17, 15) is 9.90 Å². The molecule has 7 N–H and O–H groups in total. The molecule has 15 heteroatoms. The molecule has 0 saturated heterocycles. The van der Waals surface area contributed by atoms with Crippen LogP contribution in [0.25, 0.3) is 17.4 Å². The van der Waals surface area contributed by atoms with E-state index in [0.29, 0.717) is 41.2 Å². The first kappa shape index (κ1) is 24.1. The number of benzene rings is 1. The predicted molar refractivity (Wildman–Crippen MR) is 138 cm³/mol. The Morgan fingerprint density at radius 2 is 2.08 bits per heavy atom. The first-order chi connectivity index (χ1) is 17.9. The van der Waals surface area contributed by atoms with Gasteiger partial charge in [-0.2, -0.15) is 19.5 Å². The number of aromatic hydroxyl groups is 1. The number of halogens is 1. The van der Waals surface area contributed by atoms with Gasteiger partial charge in [0.05, 0.1) is 28.7 Å². The second-order valence-corrected chi connectivity index (χ2v) is 8.90. The fourth-order valence-corrected chi connectivity index (χ4v) is 4.26. The van der Waals surface area contributed by atoms with E-state index in [1.165, 1.54) is 34.9 Å². The van der Waals surface area contributed by atoms with Crippen molar-refractivity contribution in [1.82, 2.24) is 29.5 Å². The molecule has 4 heterocycles. The average molecular weight is 539 g/mol. The van der Waals surface area contributed by atoms with Crippen molar-refractivity contribution in [3.05, 3.63) is 65.1 Å². The highest BCUT2D eigenvalue weighted by Crippen LogP contribution is 2.33. The number of phenols is 1. The van der Waals surface area contributed by atoms with E-state index >= 15 is 0 Å². The number of hydrogen-bond donors (Lipinski definition) is 5. The molecular formula is C22H19ClN10O3S. The summed E-state index contributed by atoms with van der Waals surface area (Å²) in [7, 11) is 0. The highest BCUT2D eigenvalue weighted by atomic mass is 35.5. The maximum absolute atomic E-state index is 11.5. The van der Waals surface area contributed by atoms with Crippen LogP contribution >= 0.6 is 23.5 Å². The molecule has 0 radical (unpaired) electrons. The number of fused-ring (bicyclic) bond motifs is 1. The quantitative estimate of drug-likeness (QED) is 0.172. The van der Waals surface area contributed by atoms with Crippen molar-refractivity contribution in [3.8, 4) is 17.3 Å². The van der Waals surface area contributed by atoms with Gasteiger partial charge in [0.25, 0.3) is 11.7 Å². The van der Waals surface area contributed by atoms with Gasteiger partial charge in [0.1, 0.15) is 5.75 Å². The van der Waals surface area contributed by atoms with Gasteiger partial charge in [0.2, 0.25) is 17.7 Å². The van der Waals surface area contributed by atoms with Gasteiger partial charge >= 0.3 is 0 Å². The van der Waals surface area contributed by atoms with E-state index in [4.69, 9.17) is 27.5 Å². The Morgan fingerprint density at radius 3 is 2.81 bits per heavy atom. The van der Waals surface area contributed by atoms with Gasteiger partial charge in [-0.3, -0.25) is 9.78 Å². The number of nitrogens with zero attached hydrogens (tertiary/aromatic N) is 6. The number of anilines is 3. The Kier molecular flexibility index (Phi) is 6.66. The van der Waals surface area contributed by atoms with Crippen molar-refractivity contribution in [1.29, 1.82) is 0 Å². The molecule has 0 aliphatic rings. The molecule has 0 unspecified atom stereocenters. The number of nitrogens with two attached hydrogens (primary N) is 2. The summed E-state index contributed by atoms with van der Waals surface area (Å²) in [6, 6.07) is 10.2. The largest absolute Gasteiger partial charge is 0.506 e. The number of pyridine rings is 1. The van der Waals surface area contributed by atoms with Crippen LogP contribution in [0.1, 0.15) is 16.1 Å².